The summed E-state index contributed by atoms with van der Waals surface area (Å²) in [6, 6.07) is 10.3. The second-order valence-electron chi connectivity index (χ2n) is 8.25. The first kappa shape index (κ1) is 18.7. The first-order valence-electron chi connectivity index (χ1n) is 10.2. The van der Waals surface area contributed by atoms with Crippen LogP contribution in [0.3, 0.4) is 0 Å². The van der Waals surface area contributed by atoms with Gasteiger partial charge in [-0.05, 0) is 74.9 Å². The minimum absolute atomic E-state index is 0.0969. The lowest BCUT2D eigenvalue weighted by Crippen LogP contribution is -2.46. The van der Waals surface area contributed by atoms with Gasteiger partial charge in [-0.25, -0.2) is 0 Å². The second kappa shape index (κ2) is 7.77. The molecule has 1 heterocycles. The number of nitrogens with zero attached hydrogens (tertiary/aromatic N) is 1. The maximum Gasteiger partial charge on any atom is 0.248 e. The van der Waals surface area contributed by atoms with Gasteiger partial charge in [-0.2, -0.15) is 0 Å². The van der Waals surface area contributed by atoms with Crippen LogP contribution in [0.25, 0.3) is 0 Å². The number of amides is 1. The average molecular weight is 374 g/mol. The van der Waals surface area contributed by atoms with Crippen molar-refractivity contribution in [3.63, 3.8) is 0 Å². The summed E-state index contributed by atoms with van der Waals surface area (Å²) in [6.07, 6.45) is 9.95. The summed E-state index contributed by atoms with van der Waals surface area (Å²) in [5, 5.41) is 3.87. The van der Waals surface area contributed by atoms with Crippen molar-refractivity contribution in [2.24, 2.45) is 5.73 Å². The number of carbonyl (C=O) groups excluding carboxylic acids is 1. The number of benzene rings is 1. The van der Waals surface area contributed by atoms with Gasteiger partial charge in [0, 0.05) is 40.2 Å². The van der Waals surface area contributed by atoms with Gasteiger partial charge in [0.1, 0.15) is 0 Å². The molecule has 2 saturated carbocycles. The van der Waals surface area contributed by atoms with Gasteiger partial charge >= 0.3 is 0 Å². The van der Waals surface area contributed by atoms with Crippen LogP contribution < -0.4 is 11.1 Å². The van der Waals surface area contributed by atoms with E-state index in [1.54, 1.807) is 6.20 Å². The van der Waals surface area contributed by atoms with E-state index in [-0.39, 0.29) is 11.4 Å². The van der Waals surface area contributed by atoms with Crippen molar-refractivity contribution in [1.82, 2.24) is 10.3 Å². The molecule has 0 unspecified atom stereocenters. The van der Waals surface area contributed by atoms with Crippen LogP contribution in [0.4, 0.5) is 0 Å². The van der Waals surface area contributed by atoms with Crippen molar-refractivity contribution < 1.29 is 4.79 Å². The van der Waals surface area contributed by atoms with Crippen LogP contribution in [0.1, 0.15) is 71.3 Å². The molecule has 0 radical (unpaired) electrons. The van der Waals surface area contributed by atoms with E-state index < -0.39 is 0 Å². The zero-order valence-corrected chi connectivity index (χ0v) is 16.4. The highest BCUT2D eigenvalue weighted by Crippen LogP contribution is 2.37. The summed E-state index contributed by atoms with van der Waals surface area (Å²) in [5.41, 5.74) is 10.2. The molecule has 4 rings (SSSR count). The SMILES string of the molecule is Cc1cc(C#Cc2ccc(C(N)=O)c(CC3(NC4CC4)CCCC3)c2)ccn1. The van der Waals surface area contributed by atoms with Crippen LogP contribution >= 0.6 is 0 Å². The first-order chi connectivity index (χ1) is 13.5. The van der Waals surface area contributed by atoms with Crippen molar-refractivity contribution >= 4 is 5.91 Å². The maximum atomic E-state index is 12.0. The molecule has 1 aromatic heterocycles. The molecular weight excluding hydrogens is 346 g/mol. The molecule has 0 spiro atoms. The van der Waals surface area contributed by atoms with Crippen molar-refractivity contribution in [3.05, 3.63) is 64.5 Å². The Morgan fingerprint density at radius 2 is 1.89 bits per heavy atom. The molecule has 0 saturated heterocycles. The monoisotopic (exact) mass is 373 g/mol. The Morgan fingerprint density at radius 3 is 2.54 bits per heavy atom. The molecule has 3 N–H and O–H groups in total. The topological polar surface area (TPSA) is 68.0 Å². The van der Waals surface area contributed by atoms with E-state index in [2.05, 4.69) is 28.2 Å². The van der Waals surface area contributed by atoms with E-state index in [0.29, 0.717) is 11.6 Å². The van der Waals surface area contributed by atoms with Crippen molar-refractivity contribution in [2.75, 3.05) is 0 Å². The third-order valence-electron chi connectivity index (χ3n) is 5.80. The lowest BCUT2D eigenvalue weighted by molar-refractivity contribution is 0.0999. The van der Waals surface area contributed by atoms with Gasteiger partial charge in [0.2, 0.25) is 5.91 Å². The summed E-state index contributed by atoms with van der Waals surface area (Å²) < 4.78 is 0. The zero-order valence-electron chi connectivity index (χ0n) is 16.4. The predicted molar refractivity (Wildman–Crippen MR) is 111 cm³/mol. The molecule has 2 fully saturated rings. The molecule has 0 atom stereocenters. The molecule has 2 aromatic rings. The number of nitrogens with two attached hydrogens (primary N) is 1. The van der Waals surface area contributed by atoms with Gasteiger partial charge in [-0.1, -0.05) is 24.7 Å². The fraction of sp³-hybridized carbons (Fsp3) is 0.417. The summed E-state index contributed by atoms with van der Waals surface area (Å²) in [6.45, 7) is 1.96. The lowest BCUT2D eigenvalue weighted by atomic mass is 9.86. The van der Waals surface area contributed by atoms with Gasteiger partial charge in [-0.15, -0.1) is 0 Å². The van der Waals surface area contributed by atoms with Crippen LogP contribution in [-0.4, -0.2) is 22.5 Å². The first-order valence-corrected chi connectivity index (χ1v) is 10.2. The quantitative estimate of drug-likeness (QED) is 0.788. The predicted octanol–water partition coefficient (Wildman–Crippen LogP) is 3.50. The summed E-state index contributed by atoms with van der Waals surface area (Å²) >= 11 is 0. The van der Waals surface area contributed by atoms with E-state index in [9.17, 15) is 4.79 Å². The van der Waals surface area contributed by atoms with Crippen LogP contribution in [0.15, 0.2) is 36.5 Å². The molecule has 4 nitrogen and oxygen atoms in total. The third kappa shape index (κ3) is 4.43. The van der Waals surface area contributed by atoms with Gasteiger partial charge in [0.05, 0.1) is 0 Å². The van der Waals surface area contributed by atoms with E-state index in [1.807, 2.05) is 31.2 Å². The van der Waals surface area contributed by atoms with Crippen molar-refractivity contribution in [3.8, 4) is 11.8 Å². The van der Waals surface area contributed by atoms with Crippen LogP contribution in [0.2, 0.25) is 0 Å². The summed E-state index contributed by atoms with van der Waals surface area (Å²) in [7, 11) is 0. The van der Waals surface area contributed by atoms with Crippen LogP contribution in [0.5, 0.6) is 0 Å². The standard InChI is InChI=1S/C24H27N3O/c1-17-14-19(10-13-26-17)5-4-18-6-9-22(23(25)28)20(15-18)16-24(11-2-3-12-24)27-21-7-8-21/h6,9-10,13-15,21,27H,2-3,7-8,11-12,16H2,1H3,(H2,25,28). The number of primary amides is 1. The molecule has 1 aromatic carbocycles. The molecule has 144 valence electrons. The molecule has 4 heteroatoms. The molecule has 2 aliphatic rings. The highest BCUT2D eigenvalue weighted by Gasteiger charge is 2.39. The van der Waals surface area contributed by atoms with Gasteiger partial charge < -0.3 is 11.1 Å². The average Bonchev–Trinajstić information content (AvgIpc) is 3.36. The number of nitrogens with one attached hydrogen (secondary N) is 1. The van der Waals surface area contributed by atoms with E-state index in [0.717, 1.165) is 41.6 Å². The van der Waals surface area contributed by atoms with Crippen LogP contribution in [-0.2, 0) is 6.42 Å². The zero-order chi connectivity index (χ0) is 19.6. The van der Waals surface area contributed by atoms with E-state index >= 15 is 0 Å². The minimum atomic E-state index is -0.362. The maximum absolute atomic E-state index is 12.0. The number of pyridine rings is 1. The molecule has 0 bridgehead atoms. The molecule has 1 amide bonds. The van der Waals surface area contributed by atoms with E-state index in [4.69, 9.17) is 5.73 Å². The molecule has 0 aliphatic heterocycles. The van der Waals surface area contributed by atoms with Gasteiger partial charge in [0.15, 0.2) is 0 Å². The molecule has 2 aliphatic carbocycles. The second-order valence-corrected chi connectivity index (χ2v) is 8.25. The Labute approximate surface area is 166 Å². The Morgan fingerprint density at radius 1 is 1.18 bits per heavy atom. The Bertz CT molecular complexity index is 944. The van der Waals surface area contributed by atoms with Crippen LogP contribution in [0, 0.1) is 18.8 Å². The van der Waals surface area contributed by atoms with Crippen molar-refractivity contribution in [1.29, 1.82) is 0 Å². The number of hydrogen-bond acceptors (Lipinski definition) is 3. The number of aromatic nitrogens is 1. The highest BCUT2D eigenvalue weighted by molar-refractivity contribution is 5.94. The number of carbonyl (C=O) groups is 1. The third-order valence-corrected chi connectivity index (χ3v) is 5.80. The van der Waals surface area contributed by atoms with E-state index in [1.165, 1.54) is 25.7 Å². The Hall–Kier alpha value is -2.64. The Balaban J connectivity index is 1.63. The molecule has 28 heavy (non-hydrogen) atoms. The normalized spacial score (nSPS) is 17.8. The van der Waals surface area contributed by atoms with Gasteiger partial charge in [-0.3, -0.25) is 9.78 Å². The fourth-order valence-electron chi connectivity index (χ4n) is 4.27. The molecular formula is C24H27N3O. The smallest absolute Gasteiger partial charge is 0.248 e. The summed E-state index contributed by atoms with van der Waals surface area (Å²) in [5.74, 6) is 6.07. The number of hydrogen-bond donors (Lipinski definition) is 2. The van der Waals surface area contributed by atoms with Gasteiger partial charge in [0.25, 0.3) is 0 Å². The van der Waals surface area contributed by atoms with Crippen molar-refractivity contribution in [2.45, 2.75) is 63.5 Å². The largest absolute Gasteiger partial charge is 0.366 e. The highest BCUT2D eigenvalue weighted by atomic mass is 16.1. The number of rotatable bonds is 5. The summed E-state index contributed by atoms with van der Waals surface area (Å²) in [4.78, 5) is 16.2. The lowest BCUT2D eigenvalue weighted by Gasteiger charge is -2.31. The minimum Gasteiger partial charge on any atom is -0.366 e. The number of aryl methyl sites for hydroxylation is 1. The fourth-order valence-corrected chi connectivity index (χ4v) is 4.27. The Kier molecular flexibility index (Phi) is 5.19.